The predicted molar refractivity (Wildman–Crippen MR) is 99.0 cm³/mol. The summed E-state index contributed by atoms with van der Waals surface area (Å²) in [5.74, 6) is -1.16. The Labute approximate surface area is 158 Å². The molecule has 1 atom stereocenters. The van der Waals surface area contributed by atoms with Crippen molar-refractivity contribution in [3.05, 3.63) is 73.9 Å². The Balaban J connectivity index is 1.86. The third kappa shape index (κ3) is 3.53. The van der Waals surface area contributed by atoms with Gasteiger partial charge in [-0.25, -0.2) is 9.18 Å². The smallest absolute Gasteiger partial charge is 0.329 e. The van der Waals surface area contributed by atoms with E-state index in [1.807, 2.05) is 6.07 Å². The second kappa shape index (κ2) is 7.44. The van der Waals surface area contributed by atoms with Crippen molar-refractivity contribution in [2.45, 2.75) is 26.4 Å². The van der Waals surface area contributed by atoms with Gasteiger partial charge in [0.15, 0.2) is 0 Å². The number of halogens is 1. The SMILES string of the molecule is Cc1c(F)ccc2[nH]c(=O)n(CC(=O)N[C@H](C)c3ccc(C#N)cn3)c(=O)c12. The zero-order valence-corrected chi connectivity index (χ0v) is 15.1. The first-order valence-electron chi connectivity index (χ1n) is 8.39. The van der Waals surface area contributed by atoms with Gasteiger partial charge in [0, 0.05) is 6.20 Å². The molecule has 142 valence electrons. The van der Waals surface area contributed by atoms with E-state index in [1.54, 1.807) is 19.1 Å². The van der Waals surface area contributed by atoms with Crippen LogP contribution in [-0.2, 0) is 11.3 Å². The van der Waals surface area contributed by atoms with Gasteiger partial charge in [0.25, 0.3) is 5.56 Å². The molecule has 0 aliphatic rings. The molecule has 2 aromatic heterocycles. The maximum atomic E-state index is 13.8. The third-order valence-corrected chi connectivity index (χ3v) is 4.38. The van der Waals surface area contributed by atoms with Crippen molar-refractivity contribution >= 4 is 16.8 Å². The Kier molecular flexibility index (Phi) is 5.04. The quantitative estimate of drug-likeness (QED) is 0.705. The molecular weight excluding hydrogens is 365 g/mol. The Morgan fingerprint density at radius 3 is 2.75 bits per heavy atom. The van der Waals surface area contributed by atoms with Gasteiger partial charge in [-0.15, -0.1) is 0 Å². The van der Waals surface area contributed by atoms with Crippen molar-refractivity contribution < 1.29 is 9.18 Å². The van der Waals surface area contributed by atoms with E-state index in [-0.39, 0.29) is 16.5 Å². The van der Waals surface area contributed by atoms with Crippen LogP contribution >= 0.6 is 0 Å². The summed E-state index contributed by atoms with van der Waals surface area (Å²) in [5, 5.41) is 11.5. The van der Waals surface area contributed by atoms with Crippen LogP contribution in [0, 0.1) is 24.1 Å². The summed E-state index contributed by atoms with van der Waals surface area (Å²) in [6, 6.07) is 7.09. The van der Waals surface area contributed by atoms with Crippen LogP contribution < -0.4 is 16.6 Å². The Hall–Kier alpha value is -3.80. The Morgan fingerprint density at radius 2 is 2.11 bits per heavy atom. The van der Waals surface area contributed by atoms with Gasteiger partial charge in [-0.05, 0) is 43.7 Å². The highest BCUT2D eigenvalue weighted by molar-refractivity contribution is 5.82. The molecule has 0 fully saturated rings. The molecule has 0 spiro atoms. The number of amides is 1. The predicted octanol–water partition coefficient (Wildman–Crippen LogP) is 1.28. The number of nitrogens with one attached hydrogen (secondary N) is 2. The van der Waals surface area contributed by atoms with Gasteiger partial charge in [-0.3, -0.25) is 19.1 Å². The molecule has 0 bridgehead atoms. The monoisotopic (exact) mass is 381 g/mol. The molecule has 0 saturated heterocycles. The average molecular weight is 381 g/mol. The van der Waals surface area contributed by atoms with E-state index in [0.717, 1.165) is 10.6 Å². The third-order valence-electron chi connectivity index (χ3n) is 4.38. The highest BCUT2D eigenvalue weighted by Gasteiger charge is 2.16. The topological polar surface area (TPSA) is 121 Å². The summed E-state index contributed by atoms with van der Waals surface area (Å²) in [7, 11) is 0. The average Bonchev–Trinajstić information content (AvgIpc) is 2.68. The maximum Gasteiger partial charge on any atom is 0.329 e. The summed E-state index contributed by atoms with van der Waals surface area (Å²) in [6.45, 7) is 2.58. The molecule has 2 N–H and O–H groups in total. The van der Waals surface area contributed by atoms with Crippen LogP contribution in [0.1, 0.15) is 29.8 Å². The van der Waals surface area contributed by atoms with E-state index in [9.17, 15) is 18.8 Å². The number of carbonyl (C=O) groups excluding carboxylic acids is 1. The van der Waals surface area contributed by atoms with Gasteiger partial charge in [-0.1, -0.05) is 0 Å². The van der Waals surface area contributed by atoms with Crippen LogP contribution in [0.4, 0.5) is 4.39 Å². The minimum atomic E-state index is -0.761. The molecule has 0 unspecified atom stereocenters. The maximum absolute atomic E-state index is 13.8. The van der Waals surface area contributed by atoms with E-state index in [4.69, 9.17) is 5.26 Å². The van der Waals surface area contributed by atoms with Gasteiger partial charge in [0.2, 0.25) is 5.91 Å². The molecule has 9 heteroatoms. The van der Waals surface area contributed by atoms with Crippen molar-refractivity contribution in [2.75, 3.05) is 0 Å². The number of hydrogen-bond acceptors (Lipinski definition) is 5. The molecule has 0 aliphatic carbocycles. The molecule has 3 aromatic rings. The van der Waals surface area contributed by atoms with Crippen molar-refractivity contribution in [1.29, 1.82) is 5.26 Å². The van der Waals surface area contributed by atoms with E-state index >= 15 is 0 Å². The lowest BCUT2D eigenvalue weighted by Gasteiger charge is -2.14. The van der Waals surface area contributed by atoms with Crippen molar-refractivity contribution in [2.24, 2.45) is 0 Å². The van der Waals surface area contributed by atoms with E-state index < -0.39 is 35.6 Å². The lowest BCUT2D eigenvalue weighted by molar-refractivity contribution is -0.122. The number of nitriles is 1. The normalized spacial score (nSPS) is 11.8. The van der Waals surface area contributed by atoms with Crippen molar-refractivity contribution in [3.8, 4) is 6.07 Å². The molecular formula is C19H16FN5O3. The van der Waals surface area contributed by atoms with Crippen LogP contribution in [0.3, 0.4) is 0 Å². The van der Waals surface area contributed by atoms with Crippen LogP contribution in [0.5, 0.6) is 0 Å². The van der Waals surface area contributed by atoms with Gasteiger partial charge < -0.3 is 10.3 Å². The molecule has 1 aromatic carbocycles. The van der Waals surface area contributed by atoms with Crippen molar-refractivity contribution in [3.63, 3.8) is 0 Å². The second-order valence-electron chi connectivity index (χ2n) is 6.29. The number of nitrogens with zero attached hydrogens (tertiary/aromatic N) is 3. The number of H-pyrrole nitrogens is 1. The number of fused-ring (bicyclic) bond motifs is 1. The van der Waals surface area contributed by atoms with E-state index in [2.05, 4.69) is 15.3 Å². The number of aromatic amines is 1. The molecule has 2 heterocycles. The second-order valence-corrected chi connectivity index (χ2v) is 6.29. The fourth-order valence-corrected chi connectivity index (χ4v) is 2.85. The lowest BCUT2D eigenvalue weighted by atomic mass is 10.1. The minimum Gasteiger partial charge on any atom is -0.346 e. The molecule has 3 rings (SSSR count). The molecule has 1 amide bonds. The largest absolute Gasteiger partial charge is 0.346 e. The molecule has 28 heavy (non-hydrogen) atoms. The van der Waals surface area contributed by atoms with Gasteiger partial charge in [-0.2, -0.15) is 5.26 Å². The number of aromatic nitrogens is 3. The summed E-state index contributed by atoms with van der Waals surface area (Å²) in [6.07, 6.45) is 1.38. The molecule has 0 aliphatic heterocycles. The molecule has 0 saturated carbocycles. The zero-order chi connectivity index (χ0) is 20.4. The van der Waals surface area contributed by atoms with Gasteiger partial charge >= 0.3 is 5.69 Å². The standard InChI is InChI=1S/C19H16FN5O3/c1-10-13(20)4-6-15-17(10)18(27)25(19(28)24-15)9-16(26)23-11(2)14-5-3-12(7-21)8-22-14/h3-6,8,11H,9H2,1-2H3,(H,23,26)(H,24,28)/t11-/m1/s1. The zero-order valence-electron chi connectivity index (χ0n) is 15.1. The summed E-state index contributed by atoms with van der Waals surface area (Å²) in [4.78, 5) is 43.8. The summed E-state index contributed by atoms with van der Waals surface area (Å²) in [5.41, 5.74) is -0.286. The first-order chi connectivity index (χ1) is 13.3. The fraction of sp³-hybridized carbons (Fsp3) is 0.211. The number of aryl methyl sites for hydroxylation is 1. The lowest BCUT2D eigenvalue weighted by Crippen LogP contribution is -2.41. The Bertz CT molecular complexity index is 1220. The number of hydrogen-bond donors (Lipinski definition) is 2. The molecule has 0 radical (unpaired) electrons. The van der Waals surface area contributed by atoms with Crippen LogP contribution in [0.2, 0.25) is 0 Å². The van der Waals surface area contributed by atoms with E-state index in [0.29, 0.717) is 11.3 Å². The fourth-order valence-electron chi connectivity index (χ4n) is 2.85. The minimum absolute atomic E-state index is 0.0224. The van der Waals surface area contributed by atoms with E-state index in [1.165, 1.54) is 19.2 Å². The number of pyridine rings is 1. The number of rotatable bonds is 4. The van der Waals surface area contributed by atoms with Gasteiger partial charge in [0.1, 0.15) is 18.4 Å². The first-order valence-corrected chi connectivity index (χ1v) is 8.39. The first kappa shape index (κ1) is 19.0. The highest BCUT2D eigenvalue weighted by atomic mass is 19.1. The van der Waals surface area contributed by atoms with Gasteiger partial charge in [0.05, 0.1) is 28.2 Å². The van der Waals surface area contributed by atoms with Crippen LogP contribution in [0.15, 0.2) is 40.1 Å². The van der Waals surface area contributed by atoms with Crippen LogP contribution in [0.25, 0.3) is 10.9 Å². The number of carbonyl (C=O) groups is 1. The highest BCUT2D eigenvalue weighted by Crippen LogP contribution is 2.14. The molecule has 8 nitrogen and oxygen atoms in total. The van der Waals surface area contributed by atoms with Crippen molar-refractivity contribution in [1.82, 2.24) is 19.9 Å². The number of benzene rings is 1. The van der Waals surface area contributed by atoms with Crippen LogP contribution in [-0.4, -0.2) is 20.4 Å². The summed E-state index contributed by atoms with van der Waals surface area (Å²) >= 11 is 0. The Morgan fingerprint density at radius 1 is 1.36 bits per heavy atom. The summed E-state index contributed by atoms with van der Waals surface area (Å²) < 4.78 is 14.5.